The predicted octanol–water partition coefficient (Wildman–Crippen LogP) is 5.51. The van der Waals surface area contributed by atoms with E-state index >= 15 is 0 Å². The maximum absolute atomic E-state index is 3.83. The van der Waals surface area contributed by atoms with Gasteiger partial charge in [-0.15, -0.1) is 5.73 Å². The molecule has 0 aliphatic carbocycles. The third kappa shape index (κ3) is 4.49. The van der Waals surface area contributed by atoms with Gasteiger partial charge in [-0.1, -0.05) is 173 Å². The zero-order chi connectivity index (χ0) is 23.9. The maximum Gasteiger partial charge on any atom is 0.138 e. The summed E-state index contributed by atoms with van der Waals surface area (Å²) in [5, 5.41) is 5.78. The van der Waals surface area contributed by atoms with Crippen LogP contribution in [0.2, 0.25) is 13.1 Å². The molecule has 0 saturated carbocycles. The molecule has 0 aliphatic heterocycles. The molecule has 0 amide bonds. The molecule has 34 heavy (non-hydrogen) atoms. The van der Waals surface area contributed by atoms with Crippen LogP contribution in [-0.4, -0.2) is 16.1 Å². The van der Waals surface area contributed by atoms with Gasteiger partial charge < -0.3 is 0 Å². The van der Waals surface area contributed by atoms with Crippen molar-refractivity contribution in [3.8, 4) is 0 Å². The minimum absolute atomic E-state index is 0.837. The molecule has 4 aromatic rings. The second-order valence-corrected chi connectivity index (χ2v) is 17.4. The van der Waals surface area contributed by atoms with Crippen LogP contribution in [0, 0.1) is 0 Å². The molecule has 0 radical (unpaired) electrons. The molecule has 0 unspecified atom stereocenters. The van der Waals surface area contributed by atoms with Crippen molar-refractivity contribution in [2.24, 2.45) is 0 Å². The summed E-state index contributed by atoms with van der Waals surface area (Å²) in [5.41, 5.74) is 3.00. The minimum atomic E-state index is -2.33. The first kappa shape index (κ1) is 23.7. The quantitative estimate of drug-likeness (QED) is 0.234. The lowest BCUT2D eigenvalue weighted by molar-refractivity contribution is 1.39. The first-order valence-electron chi connectivity index (χ1n) is 11.9. The smallest absolute Gasteiger partial charge is 0.133 e. The minimum Gasteiger partial charge on any atom is -0.133 e. The summed E-state index contributed by atoms with van der Waals surface area (Å²) in [6.07, 6.45) is 5.40. The van der Waals surface area contributed by atoms with Gasteiger partial charge in [0.2, 0.25) is 0 Å². The largest absolute Gasteiger partial charge is 0.138 e. The van der Waals surface area contributed by atoms with E-state index in [9.17, 15) is 0 Å². The molecular weight excluding hydrogens is 441 g/mol. The van der Waals surface area contributed by atoms with E-state index in [1.807, 2.05) is 0 Å². The van der Waals surface area contributed by atoms with E-state index in [4.69, 9.17) is 0 Å². The molecule has 4 aromatic carbocycles. The Morgan fingerprint density at radius 1 is 0.588 bits per heavy atom. The summed E-state index contributed by atoms with van der Waals surface area (Å²) in [5.74, 6) is 0. The Kier molecular flexibility index (Phi) is 7.44. The summed E-state index contributed by atoms with van der Waals surface area (Å²) >= 11 is 0. The normalized spacial score (nSPS) is 11.4. The van der Waals surface area contributed by atoms with Crippen molar-refractivity contribution in [1.82, 2.24) is 0 Å². The molecule has 168 valence electrons. The zero-order valence-electron chi connectivity index (χ0n) is 20.1. The van der Waals surface area contributed by atoms with Gasteiger partial charge >= 0.3 is 0 Å². The average molecular weight is 473 g/mol. The molecule has 4 rings (SSSR count). The lowest BCUT2D eigenvalue weighted by atomic mass is 10.4. The van der Waals surface area contributed by atoms with Crippen LogP contribution in [-0.2, 0) is 0 Å². The summed E-state index contributed by atoms with van der Waals surface area (Å²) in [6.45, 7) is 8.91. The number of rotatable bonds is 8. The van der Waals surface area contributed by atoms with E-state index in [1.165, 1.54) is 20.7 Å². The molecule has 0 nitrogen and oxygen atoms in total. The van der Waals surface area contributed by atoms with Crippen molar-refractivity contribution in [3.05, 3.63) is 151 Å². The highest BCUT2D eigenvalue weighted by atomic mass is 28.4. The van der Waals surface area contributed by atoms with Gasteiger partial charge in [0.15, 0.2) is 0 Å². The van der Waals surface area contributed by atoms with Crippen molar-refractivity contribution in [2.75, 3.05) is 0 Å². The Balaban J connectivity index is 2.10. The Hall–Kier alpha value is -3.43. The van der Waals surface area contributed by atoms with Crippen molar-refractivity contribution < 1.29 is 0 Å². The Morgan fingerprint density at radius 3 is 1.15 bits per heavy atom. The second kappa shape index (κ2) is 10.7. The second-order valence-electron chi connectivity index (χ2n) is 8.98. The van der Waals surface area contributed by atoms with Crippen LogP contribution in [0.25, 0.3) is 0 Å². The first-order valence-corrected chi connectivity index (χ1v) is 16.9. The van der Waals surface area contributed by atoms with Crippen molar-refractivity contribution >= 4 is 36.9 Å². The molecule has 0 saturated heterocycles. The van der Waals surface area contributed by atoms with Crippen molar-refractivity contribution in [3.63, 3.8) is 0 Å². The van der Waals surface area contributed by atoms with Crippen LogP contribution in [0.4, 0.5) is 0 Å². The standard InChI is InChI=1S/C32H32Si2/c1-4-5-10-27-32(33(2,28-19-11-6-12-20-28)29-21-13-7-14-22-29)34(3,30-23-15-8-16-24-30)31-25-17-9-18-26-31/h5-9,11-27H,1,10H2,2-3H3. The Bertz CT molecular complexity index is 1100. The highest BCUT2D eigenvalue weighted by molar-refractivity contribution is 7.24. The van der Waals surface area contributed by atoms with Gasteiger partial charge in [-0.25, -0.2) is 0 Å². The third-order valence-corrected chi connectivity index (χ3v) is 18.6. The number of benzene rings is 4. The fourth-order valence-corrected chi connectivity index (χ4v) is 17.3. The molecular formula is C32H32Si2. The van der Waals surface area contributed by atoms with Gasteiger partial charge in [0.05, 0.1) is 0 Å². The van der Waals surface area contributed by atoms with E-state index in [0.717, 1.165) is 6.42 Å². The van der Waals surface area contributed by atoms with Crippen LogP contribution in [0.3, 0.4) is 0 Å². The fraction of sp³-hybridized carbons (Fsp3) is 0.0938. The topological polar surface area (TPSA) is 0 Å². The lowest BCUT2D eigenvalue weighted by Gasteiger charge is -2.42. The number of allylic oxidation sites excluding steroid dienone is 2. The number of hydrogen-bond donors (Lipinski definition) is 0. The maximum atomic E-state index is 3.83. The third-order valence-electron chi connectivity index (χ3n) is 7.07. The van der Waals surface area contributed by atoms with Gasteiger partial charge in [0.25, 0.3) is 0 Å². The number of hydrogen-bond acceptors (Lipinski definition) is 0. The van der Waals surface area contributed by atoms with Gasteiger partial charge in [-0.3, -0.25) is 0 Å². The van der Waals surface area contributed by atoms with E-state index < -0.39 is 16.1 Å². The van der Waals surface area contributed by atoms with Gasteiger partial charge in [0, 0.05) is 0 Å². The monoisotopic (exact) mass is 472 g/mol. The summed E-state index contributed by atoms with van der Waals surface area (Å²) in [7, 11) is -4.65. The molecule has 0 aromatic heterocycles. The van der Waals surface area contributed by atoms with Crippen LogP contribution in [0.1, 0.15) is 6.42 Å². The Labute approximate surface area is 206 Å². The molecule has 0 spiro atoms. The van der Waals surface area contributed by atoms with Gasteiger partial charge in [0.1, 0.15) is 16.1 Å². The van der Waals surface area contributed by atoms with E-state index in [2.05, 4.69) is 159 Å². The first-order chi connectivity index (χ1) is 16.6. The van der Waals surface area contributed by atoms with Crippen molar-refractivity contribution in [2.45, 2.75) is 19.5 Å². The van der Waals surface area contributed by atoms with E-state index in [0.29, 0.717) is 0 Å². The zero-order valence-corrected chi connectivity index (χ0v) is 22.1. The Morgan fingerprint density at radius 2 is 0.882 bits per heavy atom. The van der Waals surface area contributed by atoms with Crippen LogP contribution < -0.4 is 20.7 Å². The average Bonchev–Trinajstić information content (AvgIpc) is 2.92. The van der Waals surface area contributed by atoms with Gasteiger partial charge in [-0.05, 0) is 12.5 Å². The summed E-state index contributed by atoms with van der Waals surface area (Å²) in [4.78, 5) is 1.61. The predicted molar refractivity (Wildman–Crippen MR) is 154 cm³/mol. The van der Waals surface area contributed by atoms with Gasteiger partial charge in [-0.2, -0.15) is 0 Å². The van der Waals surface area contributed by atoms with E-state index in [-0.39, 0.29) is 0 Å². The molecule has 0 heterocycles. The highest BCUT2D eigenvalue weighted by Crippen LogP contribution is 2.27. The van der Waals surface area contributed by atoms with Crippen molar-refractivity contribution in [1.29, 1.82) is 0 Å². The molecule has 0 atom stereocenters. The molecule has 2 heteroatoms. The molecule has 0 bridgehead atoms. The highest BCUT2D eigenvalue weighted by Gasteiger charge is 2.47. The lowest BCUT2D eigenvalue weighted by Crippen LogP contribution is -2.70. The fourth-order valence-electron chi connectivity index (χ4n) is 5.21. The van der Waals surface area contributed by atoms with Crippen LogP contribution >= 0.6 is 0 Å². The van der Waals surface area contributed by atoms with Crippen LogP contribution in [0.15, 0.2) is 151 Å². The molecule has 0 N–H and O–H groups in total. The van der Waals surface area contributed by atoms with Crippen LogP contribution in [0.5, 0.6) is 0 Å². The SMILES string of the molecule is C=C=CCC=C([Si](C)(c1ccccc1)c1ccccc1)[Si](C)(c1ccccc1)c1ccccc1. The van der Waals surface area contributed by atoms with E-state index in [1.54, 1.807) is 4.82 Å². The molecule has 0 aliphatic rings. The summed E-state index contributed by atoms with van der Waals surface area (Å²) in [6, 6.07) is 44.7. The molecule has 0 fully saturated rings. The summed E-state index contributed by atoms with van der Waals surface area (Å²) < 4.78 is 0.